The van der Waals surface area contributed by atoms with E-state index in [9.17, 15) is 13.2 Å². The lowest BCUT2D eigenvalue weighted by Crippen LogP contribution is -2.12. The van der Waals surface area contributed by atoms with Gasteiger partial charge in [0.15, 0.2) is 0 Å². The van der Waals surface area contributed by atoms with Gasteiger partial charge in [-0.3, -0.25) is 4.99 Å². The van der Waals surface area contributed by atoms with Crippen molar-refractivity contribution in [3.63, 3.8) is 0 Å². The fraction of sp³-hybridized carbons (Fsp3) is 0.364. The van der Waals surface area contributed by atoms with Gasteiger partial charge in [-0.1, -0.05) is 12.1 Å². The average Bonchev–Trinajstić information content (AvgIpc) is 2.71. The Bertz CT molecular complexity index is 436. The number of fused-ring (bicyclic) bond motifs is 1. The van der Waals surface area contributed by atoms with Crippen LogP contribution in [0.4, 0.5) is 13.2 Å². The van der Waals surface area contributed by atoms with Gasteiger partial charge in [-0.05, 0) is 17.7 Å². The summed E-state index contributed by atoms with van der Waals surface area (Å²) in [5.74, 6) is 0.243. The van der Waals surface area contributed by atoms with E-state index in [1.807, 2.05) is 0 Å². The molecule has 84 valence electrons. The molecule has 1 aliphatic heterocycles. The quantitative estimate of drug-likeness (QED) is 0.779. The second-order valence-corrected chi connectivity index (χ2v) is 4.11. The van der Waals surface area contributed by atoms with Crippen LogP contribution in [0.2, 0.25) is 0 Å². The molecule has 2 nitrogen and oxygen atoms in total. The lowest BCUT2D eigenvalue weighted by molar-refractivity contribution is -0.137. The van der Waals surface area contributed by atoms with Gasteiger partial charge in [0, 0.05) is 5.92 Å². The maximum absolute atomic E-state index is 12.3. The molecule has 1 fully saturated rings. The number of benzene rings is 1. The zero-order chi connectivity index (χ0) is 11.3. The largest absolute Gasteiger partial charge is 0.416 e. The molecule has 0 spiro atoms. The first kappa shape index (κ1) is 9.69. The number of aliphatic imine (C=N–C) groups is 1. The fourth-order valence-corrected chi connectivity index (χ4v) is 2.20. The Hall–Kier alpha value is -1.52. The van der Waals surface area contributed by atoms with E-state index >= 15 is 0 Å². The third-order valence-electron chi connectivity index (χ3n) is 3.12. The summed E-state index contributed by atoms with van der Waals surface area (Å²) in [6, 6.07) is 5.86. The highest BCUT2D eigenvalue weighted by atomic mass is 19.4. The van der Waals surface area contributed by atoms with Crippen molar-refractivity contribution in [1.29, 1.82) is 0 Å². The van der Waals surface area contributed by atoms with Crippen molar-refractivity contribution in [1.82, 2.24) is 5.32 Å². The number of halogens is 3. The topological polar surface area (TPSA) is 24.4 Å². The number of alkyl halides is 3. The van der Waals surface area contributed by atoms with E-state index < -0.39 is 11.7 Å². The molecular formula is C11H9F3N2. The summed E-state index contributed by atoms with van der Waals surface area (Å²) in [6.45, 7) is 0. The van der Waals surface area contributed by atoms with Crippen molar-refractivity contribution < 1.29 is 13.2 Å². The smallest absolute Gasteiger partial charge is 0.371 e. The van der Waals surface area contributed by atoms with Crippen molar-refractivity contribution in [3.8, 4) is 0 Å². The number of rotatable bonds is 1. The van der Waals surface area contributed by atoms with E-state index in [4.69, 9.17) is 0 Å². The van der Waals surface area contributed by atoms with Crippen LogP contribution in [-0.4, -0.2) is 18.4 Å². The molecule has 0 radical (unpaired) electrons. The molecule has 2 aliphatic rings. The van der Waals surface area contributed by atoms with Crippen molar-refractivity contribution in [2.75, 3.05) is 0 Å². The highest BCUT2D eigenvalue weighted by Gasteiger charge is 2.53. The first-order valence-electron chi connectivity index (χ1n) is 5.02. The standard InChI is InChI=1S/C11H9F3N2/c12-11(13,14)7-3-1-6(2-4-7)8-9-10(8)16-5-15-9/h1-5,8-10H,(H,15,16). The van der Waals surface area contributed by atoms with E-state index in [1.54, 1.807) is 18.5 Å². The van der Waals surface area contributed by atoms with Crippen LogP contribution in [0.25, 0.3) is 0 Å². The maximum atomic E-state index is 12.3. The monoisotopic (exact) mass is 226 g/mol. The fourth-order valence-electron chi connectivity index (χ4n) is 2.20. The SMILES string of the molecule is FC(F)(F)c1ccc(C2C3N=CNC32)cc1. The van der Waals surface area contributed by atoms with Crippen LogP contribution in [0, 0.1) is 0 Å². The van der Waals surface area contributed by atoms with E-state index in [-0.39, 0.29) is 18.0 Å². The molecule has 3 atom stereocenters. The summed E-state index contributed by atoms with van der Waals surface area (Å²) in [5, 5.41) is 3.07. The molecule has 1 aromatic rings. The van der Waals surface area contributed by atoms with Crippen LogP contribution >= 0.6 is 0 Å². The van der Waals surface area contributed by atoms with Gasteiger partial charge >= 0.3 is 6.18 Å². The van der Waals surface area contributed by atoms with Crippen LogP contribution in [0.3, 0.4) is 0 Å². The predicted molar refractivity (Wildman–Crippen MR) is 53.4 cm³/mol. The average molecular weight is 226 g/mol. The maximum Gasteiger partial charge on any atom is 0.416 e. The number of hydrogen-bond donors (Lipinski definition) is 1. The molecular weight excluding hydrogens is 217 g/mol. The van der Waals surface area contributed by atoms with E-state index in [2.05, 4.69) is 10.3 Å². The number of nitrogens with zero attached hydrogens (tertiary/aromatic N) is 1. The van der Waals surface area contributed by atoms with Gasteiger partial charge in [0.1, 0.15) is 0 Å². The van der Waals surface area contributed by atoms with Crippen molar-refractivity contribution in [2.45, 2.75) is 24.2 Å². The minimum atomic E-state index is -4.26. The third-order valence-corrected chi connectivity index (χ3v) is 3.12. The molecule has 3 rings (SSSR count). The highest BCUT2D eigenvalue weighted by molar-refractivity contribution is 5.63. The lowest BCUT2D eigenvalue weighted by Gasteiger charge is -2.07. The summed E-state index contributed by atoms with van der Waals surface area (Å²) < 4.78 is 37.0. The molecule has 1 aromatic carbocycles. The normalized spacial score (nSPS) is 31.1. The molecule has 0 saturated heterocycles. The Morgan fingerprint density at radius 3 is 2.31 bits per heavy atom. The minimum Gasteiger partial charge on any atom is -0.371 e. The number of hydrogen-bond acceptors (Lipinski definition) is 2. The molecule has 0 aromatic heterocycles. The third kappa shape index (κ3) is 1.38. The van der Waals surface area contributed by atoms with Gasteiger partial charge in [0.2, 0.25) is 0 Å². The Morgan fingerprint density at radius 2 is 1.81 bits per heavy atom. The van der Waals surface area contributed by atoms with Gasteiger partial charge in [0.25, 0.3) is 0 Å². The zero-order valence-corrected chi connectivity index (χ0v) is 8.20. The zero-order valence-electron chi connectivity index (χ0n) is 8.20. The van der Waals surface area contributed by atoms with Gasteiger partial charge in [-0.2, -0.15) is 13.2 Å². The van der Waals surface area contributed by atoms with E-state index in [1.165, 1.54) is 0 Å². The lowest BCUT2D eigenvalue weighted by atomic mass is 10.1. The first-order valence-corrected chi connectivity index (χ1v) is 5.02. The Kier molecular flexibility index (Phi) is 1.81. The summed E-state index contributed by atoms with van der Waals surface area (Å²) in [4.78, 5) is 4.18. The first-order chi connectivity index (χ1) is 7.57. The second-order valence-electron chi connectivity index (χ2n) is 4.11. The van der Waals surface area contributed by atoms with Gasteiger partial charge in [-0.15, -0.1) is 0 Å². The minimum absolute atomic E-state index is 0.219. The van der Waals surface area contributed by atoms with Crippen LogP contribution in [-0.2, 0) is 6.18 Å². The molecule has 1 N–H and O–H groups in total. The van der Waals surface area contributed by atoms with Crippen LogP contribution in [0.5, 0.6) is 0 Å². The predicted octanol–water partition coefficient (Wildman–Crippen LogP) is 2.17. The number of nitrogens with one attached hydrogen (secondary N) is 1. The summed E-state index contributed by atoms with van der Waals surface area (Å²) in [5.41, 5.74) is 0.325. The second kappa shape index (κ2) is 2.99. The molecule has 3 unspecified atom stereocenters. The van der Waals surface area contributed by atoms with Gasteiger partial charge in [-0.25, -0.2) is 0 Å². The molecule has 16 heavy (non-hydrogen) atoms. The van der Waals surface area contributed by atoms with Crippen LogP contribution < -0.4 is 5.32 Å². The summed E-state index contributed by atoms with van der Waals surface area (Å²) in [6.07, 6.45) is -2.59. The van der Waals surface area contributed by atoms with E-state index in [0.717, 1.165) is 17.7 Å². The van der Waals surface area contributed by atoms with Crippen molar-refractivity contribution in [2.24, 2.45) is 4.99 Å². The van der Waals surface area contributed by atoms with Crippen LogP contribution in [0.1, 0.15) is 17.0 Å². The molecule has 5 heteroatoms. The molecule has 0 amide bonds. The Balaban J connectivity index is 1.81. The molecule has 1 aliphatic carbocycles. The molecule has 1 heterocycles. The van der Waals surface area contributed by atoms with Crippen LogP contribution in [0.15, 0.2) is 29.3 Å². The van der Waals surface area contributed by atoms with Crippen molar-refractivity contribution >= 4 is 6.34 Å². The highest BCUT2D eigenvalue weighted by Crippen LogP contribution is 2.46. The van der Waals surface area contributed by atoms with Crippen molar-refractivity contribution in [3.05, 3.63) is 35.4 Å². The van der Waals surface area contributed by atoms with Gasteiger partial charge in [0.05, 0.1) is 24.0 Å². The Morgan fingerprint density at radius 1 is 1.12 bits per heavy atom. The van der Waals surface area contributed by atoms with Gasteiger partial charge < -0.3 is 5.32 Å². The molecule has 0 bridgehead atoms. The summed E-state index contributed by atoms with van der Waals surface area (Å²) in [7, 11) is 0. The van der Waals surface area contributed by atoms with E-state index in [0.29, 0.717) is 0 Å². The molecule has 1 saturated carbocycles. The Labute approximate surface area is 90.2 Å². The summed E-state index contributed by atoms with van der Waals surface area (Å²) >= 11 is 0.